The smallest absolute Gasteiger partial charge is 0.329 e. The minimum atomic E-state index is -0.426. The molecule has 1 aliphatic rings. The molecule has 146 valence electrons. The van der Waals surface area contributed by atoms with E-state index in [1.165, 1.54) is 4.90 Å². The van der Waals surface area contributed by atoms with Crippen LogP contribution in [0.3, 0.4) is 0 Å². The van der Waals surface area contributed by atoms with Gasteiger partial charge in [-0.1, -0.05) is 35.9 Å². The first kappa shape index (κ1) is 19.5. The number of urea groups is 1. The number of rotatable bonds is 6. The zero-order chi connectivity index (χ0) is 20.3. The molecule has 2 aromatic carbocycles. The minimum Gasteiger partial charge on any atom is -0.493 e. The number of aryl methyl sites for hydroxylation is 1. The lowest BCUT2D eigenvalue weighted by Gasteiger charge is -2.14. The number of imide groups is 1. The summed E-state index contributed by atoms with van der Waals surface area (Å²) in [7, 11) is 1.56. The number of nitrogens with one attached hydrogen (secondary N) is 1. The van der Waals surface area contributed by atoms with Gasteiger partial charge in [-0.25, -0.2) is 4.79 Å². The topological polar surface area (TPSA) is 67.9 Å². The van der Waals surface area contributed by atoms with E-state index in [1.54, 1.807) is 25.3 Å². The van der Waals surface area contributed by atoms with E-state index in [1.807, 2.05) is 51.1 Å². The summed E-state index contributed by atoms with van der Waals surface area (Å²) in [6.07, 6.45) is 1.65. The summed E-state index contributed by atoms with van der Waals surface area (Å²) in [5.74, 6) is 0.840. The highest BCUT2D eigenvalue weighted by atomic mass is 16.5. The zero-order valence-electron chi connectivity index (χ0n) is 16.5. The summed E-state index contributed by atoms with van der Waals surface area (Å²) in [5.41, 5.74) is 2.95. The van der Waals surface area contributed by atoms with E-state index in [2.05, 4.69) is 5.32 Å². The fourth-order valence-corrected chi connectivity index (χ4v) is 3.00. The molecule has 1 fully saturated rings. The van der Waals surface area contributed by atoms with Crippen LogP contribution in [0.1, 0.15) is 30.5 Å². The number of hydrogen-bond donors (Lipinski definition) is 1. The number of methoxy groups -OCH3 is 1. The van der Waals surface area contributed by atoms with Crippen molar-refractivity contribution in [3.63, 3.8) is 0 Å². The Labute approximate surface area is 164 Å². The van der Waals surface area contributed by atoms with E-state index in [-0.39, 0.29) is 24.3 Å². The molecule has 0 saturated carbocycles. The first-order valence-corrected chi connectivity index (χ1v) is 9.12. The van der Waals surface area contributed by atoms with Gasteiger partial charge in [0.15, 0.2) is 11.5 Å². The van der Waals surface area contributed by atoms with Crippen LogP contribution in [0.5, 0.6) is 11.5 Å². The second kappa shape index (κ2) is 8.17. The van der Waals surface area contributed by atoms with Crippen molar-refractivity contribution in [1.29, 1.82) is 0 Å². The average Bonchev–Trinajstić information content (AvgIpc) is 2.90. The summed E-state index contributed by atoms with van der Waals surface area (Å²) in [6, 6.07) is 12.7. The van der Waals surface area contributed by atoms with Gasteiger partial charge in [0.1, 0.15) is 5.70 Å². The van der Waals surface area contributed by atoms with Gasteiger partial charge in [-0.15, -0.1) is 0 Å². The Balaban J connectivity index is 1.81. The lowest BCUT2D eigenvalue weighted by atomic mass is 10.1. The third-order valence-electron chi connectivity index (χ3n) is 4.25. The van der Waals surface area contributed by atoms with Crippen molar-refractivity contribution in [2.24, 2.45) is 0 Å². The van der Waals surface area contributed by atoms with Crippen molar-refractivity contribution >= 4 is 18.0 Å². The quantitative estimate of drug-likeness (QED) is 0.610. The molecule has 0 aliphatic carbocycles. The molecule has 1 saturated heterocycles. The van der Waals surface area contributed by atoms with Crippen LogP contribution in [0.25, 0.3) is 6.08 Å². The van der Waals surface area contributed by atoms with E-state index in [9.17, 15) is 9.59 Å². The molecule has 6 nitrogen and oxygen atoms in total. The van der Waals surface area contributed by atoms with Gasteiger partial charge >= 0.3 is 6.03 Å². The molecule has 1 heterocycles. The number of carbonyl (C=O) groups is 2. The largest absolute Gasteiger partial charge is 0.493 e. The van der Waals surface area contributed by atoms with E-state index in [0.717, 1.165) is 16.7 Å². The van der Waals surface area contributed by atoms with Gasteiger partial charge in [-0.2, -0.15) is 0 Å². The Hall–Kier alpha value is -3.28. The third-order valence-corrected chi connectivity index (χ3v) is 4.25. The van der Waals surface area contributed by atoms with E-state index >= 15 is 0 Å². The van der Waals surface area contributed by atoms with E-state index in [0.29, 0.717) is 11.5 Å². The normalized spacial score (nSPS) is 15.3. The Morgan fingerprint density at radius 2 is 1.89 bits per heavy atom. The van der Waals surface area contributed by atoms with Crippen molar-refractivity contribution < 1.29 is 19.1 Å². The van der Waals surface area contributed by atoms with Crippen LogP contribution in [0.4, 0.5) is 4.79 Å². The number of hydrogen-bond acceptors (Lipinski definition) is 4. The lowest BCUT2D eigenvalue weighted by Crippen LogP contribution is -2.30. The van der Waals surface area contributed by atoms with Gasteiger partial charge in [0.2, 0.25) is 0 Å². The fraction of sp³-hybridized carbons (Fsp3) is 0.273. The first-order chi connectivity index (χ1) is 13.4. The highest BCUT2D eigenvalue weighted by Gasteiger charge is 2.33. The van der Waals surface area contributed by atoms with Gasteiger partial charge in [-0.3, -0.25) is 9.69 Å². The number of benzene rings is 2. The Kier molecular flexibility index (Phi) is 5.68. The maximum atomic E-state index is 12.7. The van der Waals surface area contributed by atoms with Crippen LogP contribution >= 0.6 is 0 Å². The van der Waals surface area contributed by atoms with Crippen LogP contribution < -0.4 is 14.8 Å². The van der Waals surface area contributed by atoms with Crippen LogP contribution in [-0.2, 0) is 11.3 Å². The predicted molar refractivity (Wildman–Crippen MR) is 107 cm³/mol. The minimum absolute atomic E-state index is 0.0176. The molecule has 0 atom stereocenters. The Morgan fingerprint density at radius 3 is 2.57 bits per heavy atom. The maximum absolute atomic E-state index is 12.7. The number of carbonyl (C=O) groups excluding carboxylic acids is 2. The summed E-state index contributed by atoms with van der Waals surface area (Å²) in [5, 5.41) is 2.65. The zero-order valence-corrected chi connectivity index (χ0v) is 16.5. The van der Waals surface area contributed by atoms with Crippen LogP contribution in [0.2, 0.25) is 0 Å². The van der Waals surface area contributed by atoms with E-state index < -0.39 is 6.03 Å². The van der Waals surface area contributed by atoms with Gasteiger partial charge in [-0.05, 0) is 50.1 Å². The van der Waals surface area contributed by atoms with Crippen molar-refractivity contribution in [2.45, 2.75) is 33.4 Å². The van der Waals surface area contributed by atoms with Crippen molar-refractivity contribution in [2.75, 3.05) is 7.11 Å². The molecule has 1 N–H and O–H groups in total. The molecule has 6 heteroatoms. The van der Waals surface area contributed by atoms with Gasteiger partial charge < -0.3 is 14.8 Å². The summed E-state index contributed by atoms with van der Waals surface area (Å²) >= 11 is 0. The molecule has 3 rings (SSSR count). The summed E-state index contributed by atoms with van der Waals surface area (Å²) in [4.78, 5) is 26.2. The Morgan fingerprint density at radius 1 is 1.11 bits per heavy atom. The lowest BCUT2D eigenvalue weighted by molar-refractivity contribution is -0.123. The molecule has 0 radical (unpaired) electrons. The molecular formula is C22H24N2O4. The summed E-state index contributed by atoms with van der Waals surface area (Å²) in [6.45, 7) is 6.07. The average molecular weight is 380 g/mol. The SMILES string of the molecule is COc1cc(/C=C2/NC(=O)N(Cc3cccc(C)c3)C2=O)ccc1OC(C)C. The molecule has 3 amide bonds. The predicted octanol–water partition coefficient (Wildman–Crippen LogP) is 3.88. The second-order valence-corrected chi connectivity index (χ2v) is 6.95. The molecule has 0 aromatic heterocycles. The molecule has 2 aromatic rings. The van der Waals surface area contributed by atoms with Gasteiger partial charge in [0.05, 0.1) is 19.8 Å². The highest BCUT2D eigenvalue weighted by molar-refractivity contribution is 6.13. The van der Waals surface area contributed by atoms with Crippen LogP contribution in [0, 0.1) is 6.92 Å². The number of ether oxygens (including phenoxy) is 2. The van der Waals surface area contributed by atoms with Crippen LogP contribution in [-0.4, -0.2) is 30.1 Å². The maximum Gasteiger partial charge on any atom is 0.329 e. The monoisotopic (exact) mass is 380 g/mol. The van der Waals surface area contributed by atoms with Gasteiger partial charge in [0.25, 0.3) is 5.91 Å². The van der Waals surface area contributed by atoms with Crippen molar-refractivity contribution in [3.05, 3.63) is 64.9 Å². The standard InChI is InChI=1S/C22H24N2O4/c1-14(2)28-19-9-8-16(12-20(19)27-4)11-18-21(25)24(22(26)23-18)13-17-7-5-6-15(3)10-17/h5-12,14H,13H2,1-4H3,(H,23,26)/b18-11+. The van der Waals surface area contributed by atoms with Crippen LogP contribution in [0.15, 0.2) is 48.2 Å². The van der Waals surface area contributed by atoms with E-state index in [4.69, 9.17) is 9.47 Å². The second-order valence-electron chi connectivity index (χ2n) is 6.95. The molecule has 1 aliphatic heterocycles. The number of nitrogens with zero attached hydrogens (tertiary/aromatic N) is 1. The molecule has 28 heavy (non-hydrogen) atoms. The Bertz CT molecular complexity index is 934. The molecule has 0 unspecified atom stereocenters. The molecule has 0 spiro atoms. The van der Waals surface area contributed by atoms with Crippen molar-refractivity contribution in [3.8, 4) is 11.5 Å². The first-order valence-electron chi connectivity index (χ1n) is 9.12. The third kappa shape index (κ3) is 4.34. The molecule has 0 bridgehead atoms. The number of amides is 3. The van der Waals surface area contributed by atoms with Gasteiger partial charge in [0, 0.05) is 0 Å². The van der Waals surface area contributed by atoms with Crippen molar-refractivity contribution in [1.82, 2.24) is 10.2 Å². The fourth-order valence-electron chi connectivity index (χ4n) is 3.00. The summed E-state index contributed by atoms with van der Waals surface area (Å²) < 4.78 is 11.1. The molecular weight excluding hydrogens is 356 g/mol. The highest BCUT2D eigenvalue weighted by Crippen LogP contribution is 2.30.